The summed E-state index contributed by atoms with van der Waals surface area (Å²) in [5.74, 6) is 0.659. The van der Waals surface area contributed by atoms with Crippen LogP contribution in [0, 0.1) is 0 Å². The third-order valence-corrected chi connectivity index (χ3v) is 3.68. The molecule has 0 bridgehead atoms. The molecular weight excluding hydrogens is 328 g/mol. The molecule has 0 atom stereocenters. The lowest BCUT2D eigenvalue weighted by molar-refractivity contribution is 0.198. The summed E-state index contributed by atoms with van der Waals surface area (Å²) in [6.07, 6.45) is 0. The van der Waals surface area contributed by atoms with Crippen molar-refractivity contribution in [2.45, 2.75) is 13.1 Å². The quantitative estimate of drug-likeness (QED) is 0.808. The number of ether oxygens (including phenoxy) is 1. The van der Waals surface area contributed by atoms with E-state index in [1.165, 1.54) is 0 Å². The van der Waals surface area contributed by atoms with Crippen molar-refractivity contribution in [3.8, 4) is 5.75 Å². The molecule has 0 aromatic heterocycles. The molecule has 0 spiro atoms. The molecule has 2 aromatic carbocycles. The predicted octanol–water partition coefficient (Wildman–Crippen LogP) is 3.05. The van der Waals surface area contributed by atoms with Crippen LogP contribution < -0.4 is 10.1 Å². The van der Waals surface area contributed by atoms with Crippen LogP contribution in [0.5, 0.6) is 5.75 Å². The van der Waals surface area contributed by atoms with Gasteiger partial charge in [-0.3, -0.25) is 0 Å². The summed E-state index contributed by atoms with van der Waals surface area (Å²) in [5, 5.41) is 12.4. The Labute approximate surface area is 146 Å². The molecule has 0 radical (unpaired) electrons. The molecule has 2 aromatic rings. The number of amides is 2. The Bertz CT molecular complexity index is 662. The second kappa shape index (κ2) is 9.15. The van der Waals surface area contributed by atoms with Gasteiger partial charge in [0.1, 0.15) is 12.4 Å². The number of benzene rings is 2. The highest BCUT2D eigenvalue weighted by Gasteiger charge is 2.10. The van der Waals surface area contributed by atoms with Crippen LogP contribution >= 0.6 is 11.6 Å². The zero-order valence-electron chi connectivity index (χ0n) is 13.5. The Hall–Kier alpha value is -2.24. The molecule has 0 aliphatic heterocycles. The standard InChI is InChI=1S/C18H21ClN2O3/c1-21(13-14-6-8-16(19)9-7-14)18(23)20-12-15-4-2-3-5-17(15)24-11-10-22/h2-9,22H,10-13H2,1H3,(H,20,23). The molecule has 24 heavy (non-hydrogen) atoms. The van der Waals surface area contributed by atoms with Crippen LogP contribution in [0.25, 0.3) is 0 Å². The summed E-state index contributed by atoms with van der Waals surface area (Å²) in [5.41, 5.74) is 1.86. The molecule has 2 N–H and O–H groups in total. The average Bonchev–Trinajstić information content (AvgIpc) is 2.60. The van der Waals surface area contributed by atoms with E-state index in [0.717, 1.165) is 11.1 Å². The third-order valence-electron chi connectivity index (χ3n) is 3.43. The van der Waals surface area contributed by atoms with E-state index < -0.39 is 0 Å². The van der Waals surface area contributed by atoms with Crippen LogP contribution in [0.4, 0.5) is 4.79 Å². The molecule has 0 saturated heterocycles. The first-order chi connectivity index (χ1) is 11.6. The van der Waals surface area contributed by atoms with Gasteiger partial charge in [-0.15, -0.1) is 0 Å². The Kier molecular flexibility index (Phi) is 6.90. The maximum absolute atomic E-state index is 12.2. The minimum Gasteiger partial charge on any atom is -0.491 e. The number of hydrogen-bond donors (Lipinski definition) is 2. The lowest BCUT2D eigenvalue weighted by Gasteiger charge is -2.19. The largest absolute Gasteiger partial charge is 0.491 e. The summed E-state index contributed by atoms with van der Waals surface area (Å²) >= 11 is 5.86. The van der Waals surface area contributed by atoms with Crippen molar-refractivity contribution in [3.63, 3.8) is 0 Å². The van der Waals surface area contributed by atoms with Crippen molar-refractivity contribution in [1.29, 1.82) is 0 Å². The van der Waals surface area contributed by atoms with Crippen LogP contribution in [0.1, 0.15) is 11.1 Å². The summed E-state index contributed by atoms with van der Waals surface area (Å²) < 4.78 is 5.46. The lowest BCUT2D eigenvalue weighted by Crippen LogP contribution is -2.36. The molecule has 0 aliphatic carbocycles. The van der Waals surface area contributed by atoms with E-state index in [9.17, 15) is 4.79 Å². The van der Waals surface area contributed by atoms with Gasteiger partial charge in [0.2, 0.25) is 0 Å². The summed E-state index contributed by atoms with van der Waals surface area (Å²) in [7, 11) is 1.73. The monoisotopic (exact) mass is 348 g/mol. The first kappa shape index (κ1) is 18.1. The zero-order chi connectivity index (χ0) is 17.4. The zero-order valence-corrected chi connectivity index (χ0v) is 14.3. The smallest absolute Gasteiger partial charge is 0.317 e. The average molecular weight is 349 g/mol. The van der Waals surface area contributed by atoms with Gasteiger partial charge in [-0.1, -0.05) is 41.9 Å². The van der Waals surface area contributed by atoms with E-state index in [0.29, 0.717) is 23.9 Å². The van der Waals surface area contributed by atoms with E-state index in [1.807, 2.05) is 36.4 Å². The number of halogens is 1. The Morgan fingerprint density at radius 2 is 1.92 bits per heavy atom. The number of carbonyl (C=O) groups is 1. The molecule has 0 fully saturated rings. The highest BCUT2D eigenvalue weighted by atomic mass is 35.5. The SMILES string of the molecule is CN(Cc1ccc(Cl)cc1)C(=O)NCc1ccccc1OCCO. The van der Waals surface area contributed by atoms with Crippen LogP contribution in [0.15, 0.2) is 48.5 Å². The van der Waals surface area contributed by atoms with Crippen LogP contribution in [-0.2, 0) is 13.1 Å². The van der Waals surface area contributed by atoms with Crippen LogP contribution in [-0.4, -0.2) is 36.3 Å². The molecular formula is C18H21ClN2O3. The fourth-order valence-corrected chi connectivity index (χ4v) is 2.31. The number of aliphatic hydroxyl groups excluding tert-OH is 1. The van der Waals surface area contributed by atoms with Crippen molar-refractivity contribution in [2.75, 3.05) is 20.3 Å². The van der Waals surface area contributed by atoms with Crippen molar-refractivity contribution in [1.82, 2.24) is 10.2 Å². The maximum atomic E-state index is 12.2. The molecule has 128 valence electrons. The summed E-state index contributed by atoms with van der Waals surface area (Å²) in [4.78, 5) is 13.8. The molecule has 0 unspecified atom stereocenters. The maximum Gasteiger partial charge on any atom is 0.317 e. The Morgan fingerprint density at radius 3 is 2.62 bits per heavy atom. The van der Waals surface area contributed by atoms with E-state index in [4.69, 9.17) is 21.4 Å². The van der Waals surface area contributed by atoms with Gasteiger partial charge >= 0.3 is 6.03 Å². The Balaban J connectivity index is 1.89. The van der Waals surface area contributed by atoms with Gasteiger partial charge in [-0.2, -0.15) is 0 Å². The molecule has 0 heterocycles. The highest BCUT2D eigenvalue weighted by Crippen LogP contribution is 2.17. The minimum absolute atomic E-state index is 0.0511. The van der Waals surface area contributed by atoms with Gasteiger partial charge in [0.15, 0.2) is 0 Å². The molecule has 6 heteroatoms. The van der Waals surface area contributed by atoms with Crippen molar-refractivity contribution in [3.05, 3.63) is 64.7 Å². The van der Waals surface area contributed by atoms with Crippen LogP contribution in [0.2, 0.25) is 5.02 Å². The topological polar surface area (TPSA) is 61.8 Å². The van der Waals surface area contributed by atoms with Gasteiger partial charge < -0.3 is 20.1 Å². The van der Waals surface area contributed by atoms with Crippen molar-refractivity contribution >= 4 is 17.6 Å². The fraction of sp³-hybridized carbons (Fsp3) is 0.278. The van der Waals surface area contributed by atoms with Crippen LogP contribution in [0.3, 0.4) is 0 Å². The number of nitrogens with zero attached hydrogens (tertiary/aromatic N) is 1. The molecule has 0 saturated carbocycles. The summed E-state index contributed by atoms with van der Waals surface area (Å²) in [6, 6.07) is 14.6. The van der Waals surface area contributed by atoms with Gasteiger partial charge in [-0.25, -0.2) is 4.79 Å². The van der Waals surface area contributed by atoms with Gasteiger partial charge in [0.05, 0.1) is 6.61 Å². The first-order valence-corrected chi connectivity index (χ1v) is 8.03. The third kappa shape index (κ3) is 5.44. The van der Waals surface area contributed by atoms with E-state index >= 15 is 0 Å². The Morgan fingerprint density at radius 1 is 1.21 bits per heavy atom. The highest BCUT2D eigenvalue weighted by molar-refractivity contribution is 6.30. The van der Waals surface area contributed by atoms with Gasteiger partial charge in [0, 0.05) is 30.7 Å². The van der Waals surface area contributed by atoms with Gasteiger partial charge in [-0.05, 0) is 23.8 Å². The number of carbonyl (C=O) groups excluding carboxylic acids is 1. The fourth-order valence-electron chi connectivity index (χ4n) is 2.19. The number of aliphatic hydroxyl groups is 1. The number of nitrogens with one attached hydrogen (secondary N) is 1. The molecule has 2 amide bonds. The van der Waals surface area contributed by atoms with Crippen molar-refractivity contribution < 1.29 is 14.6 Å². The molecule has 2 rings (SSSR count). The van der Waals surface area contributed by atoms with E-state index in [-0.39, 0.29) is 19.2 Å². The van der Waals surface area contributed by atoms with Gasteiger partial charge in [0.25, 0.3) is 0 Å². The lowest BCUT2D eigenvalue weighted by atomic mass is 10.2. The number of urea groups is 1. The van der Waals surface area contributed by atoms with E-state index in [1.54, 1.807) is 24.1 Å². The minimum atomic E-state index is -0.179. The normalized spacial score (nSPS) is 10.3. The predicted molar refractivity (Wildman–Crippen MR) is 94.2 cm³/mol. The number of hydrogen-bond acceptors (Lipinski definition) is 3. The van der Waals surface area contributed by atoms with E-state index in [2.05, 4.69) is 5.32 Å². The number of para-hydroxylation sites is 1. The molecule has 5 nitrogen and oxygen atoms in total. The second-order valence-electron chi connectivity index (χ2n) is 5.32. The number of rotatable bonds is 7. The second-order valence-corrected chi connectivity index (χ2v) is 5.76. The molecule has 0 aliphatic rings. The summed E-state index contributed by atoms with van der Waals surface area (Å²) in [6.45, 7) is 1.02. The first-order valence-electron chi connectivity index (χ1n) is 7.65. The van der Waals surface area contributed by atoms with Crippen molar-refractivity contribution in [2.24, 2.45) is 0 Å².